The zero-order chi connectivity index (χ0) is 16.0. The molecule has 0 bridgehead atoms. The molecule has 1 aliphatic heterocycles. The molecule has 1 aromatic heterocycles. The smallest absolute Gasteiger partial charge is 0.269 e. The van der Waals surface area contributed by atoms with Crippen LogP contribution in [0.4, 0.5) is 5.69 Å². The fourth-order valence-corrected chi connectivity index (χ4v) is 4.53. The van der Waals surface area contributed by atoms with Crippen molar-refractivity contribution in [2.45, 2.75) is 32.2 Å². The first-order chi connectivity index (χ1) is 11.1. The van der Waals surface area contributed by atoms with Crippen molar-refractivity contribution in [1.29, 1.82) is 0 Å². The van der Waals surface area contributed by atoms with Crippen molar-refractivity contribution >= 4 is 11.6 Å². The van der Waals surface area contributed by atoms with E-state index in [1.54, 1.807) is 7.05 Å². The van der Waals surface area contributed by atoms with Crippen LogP contribution in [0.2, 0.25) is 0 Å². The Morgan fingerprint density at radius 1 is 1.26 bits per heavy atom. The number of amides is 1. The van der Waals surface area contributed by atoms with Gasteiger partial charge in [0.05, 0.1) is 11.9 Å². The Hall–Kier alpha value is -1.62. The van der Waals surface area contributed by atoms with Gasteiger partial charge in [-0.3, -0.25) is 9.69 Å². The second kappa shape index (κ2) is 5.48. The number of carbonyl (C=O) groups is 1. The number of anilines is 1. The lowest BCUT2D eigenvalue weighted by Crippen LogP contribution is -2.50. The van der Waals surface area contributed by atoms with E-state index in [4.69, 9.17) is 0 Å². The maximum absolute atomic E-state index is 11.6. The van der Waals surface area contributed by atoms with E-state index in [0.717, 1.165) is 43.8 Å². The molecule has 2 heterocycles. The number of pyridine rings is 1. The molecule has 3 aliphatic rings. The average molecular weight is 314 g/mol. The van der Waals surface area contributed by atoms with Crippen LogP contribution in [0.25, 0.3) is 0 Å². The number of nitrogens with zero attached hydrogens (tertiary/aromatic N) is 3. The Kier molecular flexibility index (Phi) is 3.56. The van der Waals surface area contributed by atoms with Crippen LogP contribution in [-0.4, -0.2) is 55.1 Å². The molecule has 2 aliphatic carbocycles. The van der Waals surface area contributed by atoms with Crippen molar-refractivity contribution in [2.24, 2.45) is 11.3 Å². The summed E-state index contributed by atoms with van der Waals surface area (Å²) in [4.78, 5) is 20.9. The standard InChI is InChI=1S/C18H26N4O/c1-18-10-13(18)9-15(11-18)22-7-5-21(6-8-22)14-3-4-16(20-12-14)17(23)19-2/h3-4,12-13,15H,5-11H2,1-2H3,(H,19,23). The fourth-order valence-electron chi connectivity index (χ4n) is 4.53. The third-order valence-electron chi connectivity index (χ3n) is 6.20. The van der Waals surface area contributed by atoms with Gasteiger partial charge in [-0.15, -0.1) is 0 Å². The van der Waals surface area contributed by atoms with E-state index in [0.29, 0.717) is 11.1 Å². The summed E-state index contributed by atoms with van der Waals surface area (Å²) in [7, 11) is 1.63. The topological polar surface area (TPSA) is 48.5 Å². The molecule has 0 aromatic carbocycles. The van der Waals surface area contributed by atoms with E-state index in [1.165, 1.54) is 19.3 Å². The predicted octanol–water partition coefficient (Wildman–Crippen LogP) is 1.75. The number of piperazine rings is 1. The van der Waals surface area contributed by atoms with Gasteiger partial charge in [0.1, 0.15) is 5.69 Å². The zero-order valence-electron chi connectivity index (χ0n) is 14.1. The van der Waals surface area contributed by atoms with Crippen molar-refractivity contribution < 1.29 is 4.79 Å². The van der Waals surface area contributed by atoms with E-state index >= 15 is 0 Å². The van der Waals surface area contributed by atoms with E-state index < -0.39 is 0 Å². The highest BCUT2D eigenvalue weighted by molar-refractivity contribution is 5.92. The van der Waals surface area contributed by atoms with Gasteiger partial charge in [-0.25, -0.2) is 4.98 Å². The van der Waals surface area contributed by atoms with Gasteiger partial charge in [-0.1, -0.05) is 6.92 Å². The van der Waals surface area contributed by atoms with Gasteiger partial charge in [0.2, 0.25) is 0 Å². The molecule has 1 aromatic rings. The van der Waals surface area contributed by atoms with Crippen LogP contribution in [0.3, 0.4) is 0 Å². The maximum Gasteiger partial charge on any atom is 0.269 e. The molecule has 124 valence electrons. The molecule has 1 saturated heterocycles. The van der Waals surface area contributed by atoms with E-state index in [1.807, 2.05) is 18.3 Å². The summed E-state index contributed by atoms with van der Waals surface area (Å²) in [5, 5.41) is 2.61. The third-order valence-corrected chi connectivity index (χ3v) is 6.20. The van der Waals surface area contributed by atoms with Gasteiger partial charge < -0.3 is 10.2 Å². The minimum atomic E-state index is -0.130. The summed E-state index contributed by atoms with van der Waals surface area (Å²) in [6.07, 6.45) is 6.11. The SMILES string of the molecule is CNC(=O)c1ccc(N2CCN(C3CC4CC4(C)C3)CC2)cn1. The summed E-state index contributed by atoms with van der Waals surface area (Å²) >= 11 is 0. The second-order valence-corrected chi connectivity index (χ2v) is 7.65. The van der Waals surface area contributed by atoms with Crippen LogP contribution in [0.1, 0.15) is 36.7 Å². The van der Waals surface area contributed by atoms with Crippen molar-refractivity contribution in [3.05, 3.63) is 24.0 Å². The summed E-state index contributed by atoms with van der Waals surface area (Å²) in [6.45, 7) is 6.86. The highest BCUT2D eigenvalue weighted by Gasteiger charge is 2.57. The van der Waals surface area contributed by atoms with Crippen LogP contribution in [0, 0.1) is 11.3 Å². The first kappa shape index (κ1) is 14.9. The summed E-state index contributed by atoms with van der Waals surface area (Å²) in [5.74, 6) is 0.877. The molecule has 23 heavy (non-hydrogen) atoms. The molecule has 3 atom stereocenters. The third kappa shape index (κ3) is 2.71. The molecule has 1 N–H and O–H groups in total. The van der Waals surface area contributed by atoms with Crippen molar-refractivity contribution in [1.82, 2.24) is 15.2 Å². The van der Waals surface area contributed by atoms with Gasteiger partial charge in [0.25, 0.3) is 5.91 Å². The average Bonchev–Trinajstić information content (AvgIpc) is 3.11. The summed E-state index contributed by atoms with van der Waals surface area (Å²) in [5.41, 5.74) is 2.29. The largest absolute Gasteiger partial charge is 0.368 e. The number of hydrogen-bond acceptors (Lipinski definition) is 4. The number of nitrogens with one attached hydrogen (secondary N) is 1. The van der Waals surface area contributed by atoms with Crippen LogP contribution < -0.4 is 10.2 Å². The minimum Gasteiger partial charge on any atom is -0.368 e. The summed E-state index contributed by atoms with van der Waals surface area (Å²) in [6, 6.07) is 4.64. The predicted molar refractivity (Wildman–Crippen MR) is 90.6 cm³/mol. The first-order valence-corrected chi connectivity index (χ1v) is 8.76. The Morgan fingerprint density at radius 2 is 2.04 bits per heavy atom. The van der Waals surface area contributed by atoms with E-state index in [9.17, 15) is 4.79 Å². The van der Waals surface area contributed by atoms with Crippen LogP contribution in [0.5, 0.6) is 0 Å². The molecule has 4 rings (SSSR count). The number of hydrogen-bond donors (Lipinski definition) is 1. The molecule has 3 fully saturated rings. The van der Waals surface area contributed by atoms with Gasteiger partial charge in [-0.2, -0.15) is 0 Å². The van der Waals surface area contributed by atoms with Gasteiger partial charge >= 0.3 is 0 Å². The Bertz CT molecular complexity index is 594. The Balaban J connectivity index is 1.33. The van der Waals surface area contributed by atoms with E-state index in [2.05, 4.69) is 27.0 Å². The molecule has 0 spiro atoms. The Morgan fingerprint density at radius 3 is 2.61 bits per heavy atom. The lowest BCUT2D eigenvalue weighted by atomic mass is 10.0. The van der Waals surface area contributed by atoms with Crippen molar-refractivity contribution in [3.63, 3.8) is 0 Å². The summed E-state index contributed by atoms with van der Waals surface area (Å²) < 4.78 is 0. The highest BCUT2D eigenvalue weighted by atomic mass is 16.1. The minimum absolute atomic E-state index is 0.130. The number of carbonyl (C=O) groups excluding carboxylic acids is 1. The zero-order valence-corrected chi connectivity index (χ0v) is 14.1. The van der Waals surface area contributed by atoms with E-state index in [-0.39, 0.29) is 5.91 Å². The van der Waals surface area contributed by atoms with Gasteiger partial charge in [-0.05, 0) is 42.7 Å². The van der Waals surface area contributed by atoms with Crippen LogP contribution in [-0.2, 0) is 0 Å². The second-order valence-electron chi connectivity index (χ2n) is 7.65. The maximum atomic E-state index is 11.6. The van der Waals surface area contributed by atoms with Crippen molar-refractivity contribution in [3.8, 4) is 0 Å². The molecule has 3 unspecified atom stereocenters. The molecule has 2 saturated carbocycles. The highest BCUT2D eigenvalue weighted by Crippen LogP contribution is 2.63. The Labute approximate surface area is 138 Å². The lowest BCUT2D eigenvalue weighted by Gasteiger charge is -2.39. The van der Waals surface area contributed by atoms with Crippen LogP contribution >= 0.6 is 0 Å². The molecular formula is C18H26N4O. The van der Waals surface area contributed by atoms with Crippen molar-refractivity contribution in [2.75, 3.05) is 38.1 Å². The fraction of sp³-hybridized carbons (Fsp3) is 0.667. The first-order valence-electron chi connectivity index (χ1n) is 8.76. The molecule has 0 radical (unpaired) electrons. The molecule has 5 heteroatoms. The number of aromatic nitrogens is 1. The van der Waals surface area contributed by atoms with Crippen LogP contribution in [0.15, 0.2) is 18.3 Å². The molecular weight excluding hydrogens is 288 g/mol. The van der Waals surface area contributed by atoms with Gasteiger partial charge in [0, 0.05) is 39.3 Å². The monoisotopic (exact) mass is 314 g/mol. The molecule has 5 nitrogen and oxygen atoms in total. The normalized spacial score (nSPS) is 33.4. The van der Waals surface area contributed by atoms with Gasteiger partial charge in [0.15, 0.2) is 0 Å². The number of fused-ring (bicyclic) bond motifs is 1. The quantitative estimate of drug-likeness (QED) is 0.923. The molecule has 1 amide bonds. The lowest BCUT2D eigenvalue weighted by molar-refractivity contribution is 0.0958. The number of rotatable bonds is 3.